The molecule has 1 fully saturated rings. The monoisotopic (exact) mass is 511 g/mol. The summed E-state index contributed by atoms with van der Waals surface area (Å²) in [5.74, 6) is 1.40. The van der Waals surface area contributed by atoms with Gasteiger partial charge in [-0.15, -0.1) is 0 Å². The highest BCUT2D eigenvalue weighted by molar-refractivity contribution is 6.74. The van der Waals surface area contributed by atoms with Crippen molar-refractivity contribution in [1.29, 1.82) is 0 Å². The highest BCUT2D eigenvalue weighted by Gasteiger charge is 2.36. The molecule has 0 spiro atoms. The summed E-state index contributed by atoms with van der Waals surface area (Å²) in [6.45, 7) is 16.9. The van der Waals surface area contributed by atoms with E-state index in [2.05, 4.69) is 59.0 Å². The lowest BCUT2D eigenvalue weighted by atomic mass is 9.87. The molecule has 2 aromatic rings. The second kappa shape index (κ2) is 12.8. The van der Waals surface area contributed by atoms with Crippen molar-refractivity contribution in [3.8, 4) is 5.75 Å². The van der Waals surface area contributed by atoms with Crippen molar-refractivity contribution in [2.75, 3.05) is 26.3 Å². The first-order chi connectivity index (χ1) is 17.1. The van der Waals surface area contributed by atoms with E-state index < -0.39 is 8.32 Å². The van der Waals surface area contributed by atoms with Crippen molar-refractivity contribution in [2.45, 2.75) is 84.0 Å². The molecule has 5 nitrogen and oxygen atoms in total. The molecular weight excluding hydrogens is 466 g/mol. The lowest BCUT2D eigenvalue weighted by molar-refractivity contribution is 0.0870. The molecular formula is C30H45NO4Si. The summed E-state index contributed by atoms with van der Waals surface area (Å²) in [6.07, 6.45) is 3.71. The van der Waals surface area contributed by atoms with Gasteiger partial charge >= 0.3 is 6.09 Å². The van der Waals surface area contributed by atoms with Crippen LogP contribution in [0, 0.1) is 6.92 Å². The molecule has 36 heavy (non-hydrogen) atoms. The Kier molecular flexibility index (Phi) is 10.0. The van der Waals surface area contributed by atoms with Crippen LogP contribution in [0.5, 0.6) is 5.75 Å². The average molecular weight is 512 g/mol. The van der Waals surface area contributed by atoms with Gasteiger partial charge in [-0.25, -0.2) is 4.79 Å². The summed E-state index contributed by atoms with van der Waals surface area (Å²) < 4.78 is 17.8. The minimum atomic E-state index is -1.66. The van der Waals surface area contributed by atoms with Crippen LogP contribution in [-0.4, -0.2) is 45.6 Å². The Labute approximate surface area is 219 Å². The number of piperidine rings is 1. The van der Waals surface area contributed by atoms with Gasteiger partial charge in [0.05, 0.1) is 6.61 Å². The van der Waals surface area contributed by atoms with Crippen LogP contribution in [-0.2, 0) is 15.8 Å². The van der Waals surface area contributed by atoms with Gasteiger partial charge in [0, 0.05) is 19.7 Å². The molecule has 1 saturated heterocycles. The second-order valence-electron chi connectivity index (χ2n) is 11.5. The highest BCUT2D eigenvalue weighted by atomic mass is 28.4. The quantitative estimate of drug-likeness (QED) is 0.242. The lowest BCUT2D eigenvalue weighted by Gasteiger charge is -2.36. The normalized spacial score (nSPS) is 15.1. The van der Waals surface area contributed by atoms with Crippen LogP contribution >= 0.6 is 0 Å². The van der Waals surface area contributed by atoms with E-state index in [1.807, 2.05) is 35.2 Å². The molecule has 1 amide bonds. The van der Waals surface area contributed by atoms with Crippen molar-refractivity contribution >= 4 is 14.4 Å². The van der Waals surface area contributed by atoms with Crippen LogP contribution in [0.25, 0.3) is 0 Å². The van der Waals surface area contributed by atoms with Crippen molar-refractivity contribution in [1.82, 2.24) is 4.90 Å². The zero-order valence-electron chi connectivity index (χ0n) is 23.1. The van der Waals surface area contributed by atoms with E-state index in [0.29, 0.717) is 19.1 Å². The van der Waals surface area contributed by atoms with Gasteiger partial charge in [-0.2, -0.15) is 0 Å². The molecule has 1 aliphatic heterocycles. The number of hydrogen-bond acceptors (Lipinski definition) is 4. The molecule has 3 rings (SSSR count). The largest absolute Gasteiger partial charge is 0.494 e. The van der Waals surface area contributed by atoms with Crippen LogP contribution in [0.3, 0.4) is 0 Å². The maximum atomic E-state index is 12.5. The fraction of sp³-hybridized carbons (Fsp3) is 0.567. The third-order valence-electron chi connectivity index (χ3n) is 7.72. The van der Waals surface area contributed by atoms with E-state index in [4.69, 9.17) is 13.9 Å². The molecule has 0 radical (unpaired) electrons. The predicted octanol–water partition coefficient (Wildman–Crippen LogP) is 7.69. The third-order valence-corrected chi connectivity index (χ3v) is 12.3. The Morgan fingerprint density at radius 3 is 2.31 bits per heavy atom. The number of likely N-dealkylation sites (tertiary alicyclic amines) is 1. The first kappa shape index (κ1) is 28.3. The van der Waals surface area contributed by atoms with Gasteiger partial charge < -0.3 is 18.8 Å². The zero-order chi connectivity index (χ0) is 26.2. The molecule has 0 bridgehead atoms. The number of ether oxygens (including phenoxy) is 2. The minimum Gasteiger partial charge on any atom is -0.494 e. The number of aryl methyl sites for hydroxylation is 1. The van der Waals surface area contributed by atoms with E-state index >= 15 is 0 Å². The molecule has 198 valence electrons. The van der Waals surface area contributed by atoms with Gasteiger partial charge in [0.1, 0.15) is 12.4 Å². The molecule has 6 heteroatoms. The van der Waals surface area contributed by atoms with Gasteiger partial charge in [0.2, 0.25) is 0 Å². The van der Waals surface area contributed by atoms with E-state index in [9.17, 15) is 4.79 Å². The van der Waals surface area contributed by atoms with E-state index in [1.165, 1.54) is 11.1 Å². The summed E-state index contributed by atoms with van der Waals surface area (Å²) in [5.41, 5.74) is 3.64. The third kappa shape index (κ3) is 8.10. The number of hydrogen-bond donors (Lipinski definition) is 0. The maximum Gasteiger partial charge on any atom is 0.410 e. The van der Waals surface area contributed by atoms with Crippen molar-refractivity contribution in [3.63, 3.8) is 0 Å². The first-order valence-electron chi connectivity index (χ1n) is 13.4. The maximum absolute atomic E-state index is 12.5. The average Bonchev–Trinajstić information content (AvgIpc) is 2.85. The number of benzene rings is 2. The zero-order valence-corrected chi connectivity index (χ0v) is 24.1. The molecule has 0 aromatic heterocycles. The Morgan fingerprint density at radius 1 is 1.00 bits per heavy atom. The Morgan fingerprint density at radius 2 is 1.67 bits per heavy atom. The van der Waals surface area contributed by atoms with E-state index in [-0.39, 0.29) is 11.1 Å². The summed E-state index contributed by atoms with van der Waals surface area (Å²) >= 11 is 0. The topological polar surface area (TPSA) is 48.0 Å². The van der Waals surface area contributed by atoms with Gasteiger partial charge in [0.15, 0.2) is 8.32 Å². The molecule has 1 aliphatic rings. The SMILES string of the molecule is Cc1cc(OCCCCO[Si](C)(C)C(C)(C)C)ccc1C1CCN(C(=O)OCc2ccccc2)CC1. The number of carbonyl (C=O) groups excluding carboxylic acids is 1. The molecule has 0 N–H and O–H groups in total. The fourth-order valence-corrected chi connectivity index (χ4v) is 5.41. The summed E-state index contributed by atoms with van der Waals surface area (Å²) in [7, 11) is -1.66. The van der Waals surface area contributed by atoms with Crippen LogP contribution in [0.2, 0.25) is 18.1 Å². The predicted molar refractivity (Wildman–Crippen MR) is 149 cm³/mol. The number of rotatable bonds is 10. The molecule has 0 atom stereocenters. The van der Waals surface area contributed by atoms with Crippen LogP contribution in [0.15, 0.2) is 48.5 Å². The van der Waals surface area contributed by atoms with E-state index in [1.54, 1.807) is 0 Å². The summed E-state index contributed by atoms with van der Waals surface area (Å²) in [5, 5.41) is 0.255. The molecule has 2 aromatic carbocycles. The van der Waals surface area contributed by atoms with Crippen molar-refractivity contribution in [3.05, 3.63) is 65.2 Å². The standard InChI is InChI=1S/C30H45NO4Si/c1-24-22-27(33-20-10-11-21-35-36(5,6)30(2,3)4)14-15-28(24)26-16-18-31(19-17-26)29(32)34-23-25-12-8-7-9-13-25/h7-9,12-15,22,26H,10-11,16-21,23H2,1-6H3. The molecule has 0 unspecified atom stereocenters. The Bertz CT molecular complexity index is 963. The summed E-state index contributed by atoms with van der Waals surface area (Å²) in [4.78, 5) is 14.3. The summed E-state index contributed by atoms with van der Waals surface area (Å²) in [6, 6.07) is 16.3. The molecule has 0 aliphatic carbocycles. The van der Waals surface area contributed by atoms with Gasteiger partial charge in [0.25, 0.3) is 0 Å². The minimum absolute atomic E-state index is 0.215. The number of carbonyl (C=O) groups is 1. The lowest BCUT2D eigenvalue weighted by Crippen LogP contribution is -2.41. The fourth-order valence-electron chi connectivity index (χ4n) is 4.32. The number of unbranched alkanes of at least 4 members (excludes halogenated alkanes) is 1. The smallest absolute Gasteiger partial charge is 0.410 e. The van der Waals surface area contributed by atoms with Crippen molar-refractivity contribution < 1.29 is 18.7 Å². The van der Waals surface area contributed by atoms with Crippen LogP contribution in [0.4, 0.5) is 4.79 Å². The van der Waals surface area contributed by atoms with Gasteiger partial charge in [-0.05, 0) is 85.5 Å². The highest BCUT2D eigenvalue weighted by Crippen LogP contribution is 2.36. The number of amides is 1. The second-order valence-corrected chi connectivity index (χ2v) is 16.3. The van der Waals surface area contributed by atoms with Gasteiger partial charge in [-0.1, -0.05) is 57.2 Å². The van der Waals surface area contributed by atoms with Crippen molar-refractivity contribution in [2.24, 2.45) is 0 Å². The Balaban J connectivity index is 1.37. The van der Waals surface area contributed by atoms with E-state index in [0.717, 1.165) is 56.7 Å². The molecule has 0 saturated carbocycles. The van der Waals surface area contributed by atoms with Crippen LogP contribution < -0.4 is 4.74 Å². The van der Waals surface area contributed by atoms with Crippen LogP contribution in [0.1, 0.15) is 69.1 Å². The van der Waals surface area contributed by atoms with Gasteiger partial charge in [-0.3, -0.25) is 0 Å². The first-order valence-corrected chi connectivity index (χ1v) is 16.3. The molecule has 1 heterocycles. The number of nitrogens with zero attached hydrogens (tertiary/aromatic N) is 1. The Hall–Kier alpha value is -2.31.